The van der Waals surface area contributed by atoms with Crippen LogP contribution in [0.15, 0.2) is 42.5 Å². The zero-order chi connectivity index (χ0) is 15.4. The van der Waals surface area contributed by atoms with Gasteiger partial charge in [-0.25, -0.2) is 0 Å². The molecule has 4 rings (SSSR count). The van der Waals surface area contributed by atoms with Crippen molar-refractivity contribution in [2.45, 2.75) is 27.7 Å². The zero-order valence-corrected chi connectivity index (χ0v) is 12.9. The van der Waals surface area contributed by atoms with Crippen LogP contribution >= 0.6 is 0 Å². The second-order valence-corrected chi connectivity index (χ2v) is 4.18. The van der Waals surface area contributed by atoms with Gasteiger partial charge in [-0.05, 0) is 6.07 Å². The van der Waals surface area contributed by atoms with Crippen molar-refractivity contribution in [1.29, 1.82) is 0 Å². The molecule has 0 saturated carbocycles. The topological polar surface area (TPSA) is 45.8 Å². The summed E-state index contributed by atoms with van der Waals surface area (Å²) in [6.45, 7) is 8.00. The van der Waals surface area contributed by atoms with E-state index in [-0.39, 0.29) is 5.78 Å². The number of H-pyrrole nitrogens is 1. The molecular formula is C18H20N2O. The number of ketones is 1. The minimum absolute atomic E-state index is 0.0834. The van der Waals surface area contributed by atoms with E-state index < -0.39 is 0 Å². The maximum absolute atomic E-state index is 12.4. The Bertz CT molecular complexity index is 772. The van der Waals surface area contributed by atoms with E-state index in [1.54, 1.807) is 0 Å². The number of hydrogen-bond acceptors (Lipinski definition) is 2. The molecule has 1 aliphatic carbocycles. The first-order chi connectivity index (χ1) is 10.4. The van der Waals surface area contributed by atoms with E-state index in [0.717, 1.165) is 33.3 Å². The molecule has 0 unspecified atom stereocenters. The molecule has 2 aromatic carbocycles. The standard InChI is InChI=1S/C14H8N2O.2C2H6/c17-14-9-5-2-1-4-8(9)13-12-10(14)6-3-7-11(12)15-16-13;2*1-2/h1-7H,(H,15,16);2*1-2H3. The summed E-state index contributed by atoms with van der Waals surface area (Å²) < 4.78 is 0. The molecule has 0 bridgehead atoms. The van der Waals surface area contributed by atoms with Gasteiger partial charge in [-0.15, -0.1) is 0 Å². The van der Waals surface area contributed by atoms with Gasteiger partial charge in [0.15, 0.2) is 5.78 Å². The maximum Gasteiger partial charge on any atom is 0.194 e. The number of fused-ring (bicyclic) bond motifs is 2. The number of hydrogen-bond donors (Lipinski definition) is 1. The Morgan fingerprint density at radius 1 is 0.810 bits per heavy atom. The molecule has 0 fully saturated rings. The highest BCUT2D eigenvalue weighted by atomic mass is 16.1. The van der Waals surface area contributed by atoms with E-state index in [2.05, 4.69) is 10.2 Å². The summed E-state index contributed by atoms with van der Waals surface area (Å²) in [6, 6.07) is 13.3. The van der Waals surface area contributed by atoms with Crippen LogP contribution in [-0.4, -0.2) is 16.0 Å². The van der Waals surface area contributed by atoms with Crippen molar-refractivity contribution < 1.29 is 4.79 Å². The lowest BCUT2D eigenvalue weighted by Crippen LogP contribution is -2.08. The number of rotatable bonds is 0. The van der Waals surface area contributed by atoms with E-state index in [9.17, 15) is 4.79 Å². The Morgan fingerprint density at radius 3 is 2.14 bits per heavy atom. The molecule has 1 aromatic heterocycles. The van der Waals surface area contributed by atoms with Crippen LogP contribution in [0, 0.1) is 0 Å². The van der Waals surface area contributed by atoms with Crippen LogP contribution in [0.2, 0.25) is 0 Å². The highest BCUT2D eigenvalue weighted by Crippen LogP contribution is 2.37. The van der Waals surface area contributed by atoms with Gasteiger partial charge in [0.2, 0.25) is 0 Å². The number of nitrogens with one attached hydrogen (secondary N) is 1. The first kappa shape index (κ1) is 15.0. The Kier molecular flexibility index (Phi) is 4.53. The largest absolute Gasteiger partial charge is 0.289 e. The minimum Gasteiger partial charge on any atom is -0.289 e. The smallest absolute Gasteiger partial charge is 0.194 e. The second-order valence-electron chi connectivity index (χ2n) is 4.18. The highest BCUT2D eigenvalue weighted by molar-refractivity contribution is 6.24. The van der Waals surface area contributed by atoms with Crippen molar-refractivity contribution in [2.24, 2.45) is 0 Å². The SMILES string of the molecule is CC.CC.O=C1c2ccccc2-c2n[nH]c3cccc1c23. The molecular weight excluding hydrogens is 260 g/mol. The van der Waals surface area contributed by atoms with Crippen LogP contribution in [0.4, 0.5) is 0 Å². The van der Waals surface area contributed by atoms with Crippen molar-refractivity contribution in [3.63, 3.8) is 0 Å². The molecule has 0 saturated heterocycles. The van der Waals surface area contributed by atoms with Crippen LogP contribution in [-0.2, 0) is 0 Å². The highest BCUT2D eigenvalue weighted by Gasteiger charge is 2.26. The van der Waals surface area contributed by atoms with Crippen molar-refractivity contribution in [2.75, 3.05) is 0 Å². The first-order valence-electron chi connectivity index (χ1n) is 7.47. The van der Waals surface area contributed by atoms with E-state index in [4.69, 9.17) is 0 Å². The van der Waals surface area contributed by atoms with Crippen LogP contribution < -0.4 is 0 Å². The summed E-state index contributed by atoms with van der Waals surface area (Å²) in [6.07, 6.45) is 0. The van der Waals surface area contributed by atoms with Gasteiger partial charge in [0.1, 0.15) is 5.69 Å². The normalized spacial score (nSPS) is 11.0. The Hall–Kier alpha value is -2.42. The van der Waals surface area contributed by atoms with Gasteiger partial charge in [-0.3, -0.25) is 9.89 Å². The third-order valence-corrected chi connectivity index (χ3v) is 3.26. The zero-order valence-electron chi connectivity index (χ0n) is 12.9. The number of aromatic amines is 1. The molecule has 0 aliphatic heterocycles. The fourth-order valence-electron chi connectivity index (χ4n) is 2.49. The molecule has 0 radical (unpaired) electrons. The summed E-state index contributed by atoms with van der Waals surface area (Å²) in [5.41, 5.74) is 4.19. The number of aromatic nitrogens is 2. The lowest BCUT2D eigenvalue weighted by atomic mass is 9.87. The second kappa shape index (κ2) is 6.35. The van der Waals surface area contributed by atoms with Gasteiger partial charge in [0.05, 0.1) is 5.52 Å². The van der Waals surface area contributed by atoms with Crippen LogP contribution in [0.25, 0.3) is 22.2 Å². The summed E-state index contributed by atoms with van der Waals surface area (Å²) in [7, 11) is 0. The Morgan fingerprint density at radius 2 is 1.43 bits per heavy atom. The molecule has 1 N–H and O–H groups in total. The number of nitrogens with zero attached hydrogens (tertiary/aromatic N) is 1. The van der Waals surface area contributed by atoms with Crippen LogP contribution in [0.5, 0.6) is 0 Å². The molecule has 0 spiro atoms. The van der Waals surface area contributed by atoms with Gasteiger partial charge in [0.25, 0.3) is 0 Å². The summed E-state index contributed by atoms with van der Waals surface area (Å²) in [5.74, 6) is 0.0834. The molecule has 1 aliphatic rings. The minimum atomic E-state index is 0.0834. The maximum atomic E-state index is 12.4. The third-order valence-electron chi connectivity index (χ3n) is 3.26. The summed E-state index contributed by atoms with van der Waals surface area (Å²) in [4.78, 5) is 12.4. The number of carbonyl (C=O) groups is 1. The van der Waals surface area contributed by atoms with E-state index in [1.807, 2.05) is 70.2 Å². The van der Waals surface area contributed by atoms with Gasteiger partial charge < -0.3 is 0 Å². The number of benzene rings is 2. The van der Waals surface area contributed by atoms with E-state index >= 15 is 0 Å². The lowest BCUT2D eigenvalue weighted by molar-refractivity contribution is 0.104. The predicted molar refractivity (Wildman–Crippen MR) is 87.7 cm³/mol. The average molecular weight is 280 g/mol. The van der Waals surface area contributed by atoms with E-state index in [1.165, 1.54) is 0 Å². The molecule has 3 aromatic rings. The van der Waals surface area contributed by atoms with Gasteiger partial charge in [0, 0.05) is 22.1 Å². The Labute approximate surface area is 125 Å². The lowest BCUT2D eigenvalue weighted by Gasteiger charge is -2.13. The van der Waals surface area contributed by atoms with Crippen molar-refractivity contribution in [1.82, 2.24) is 10.2 Å². The van der Waals surface area contributed by atoms with Crippen molar-refractivity contribution in [3.8, 4) is 11.3 Å². The third kappa shape index (κ3) is 2.25. The molecule has 3 nitrogen and oxygen atoms in total. The molecule has 108 valence electrons. The van der Waals surface area contributed by atoms with Gasteiger partial charge in [-0.1, -0.05) is 64.1 Å². The van der Waals surface area contributed by atoms with E-state index in [0.29, 0.717) is 0 Å². The van der Waals surface area contributed by atoms with Crippen molar-refractivity contribution in [3.05, 3.63) is 53.6 Å². The molecule has 3 heteroatoms. The molecule has 1 heterocycles. The van der Waals surface area contributed by atoms with Crippen LogP contribution in [0.1, 0.15) is 43.6 Å². The van der Waals surface area contributed by atoms with Crippen LogP contribution in [0.3, 0.4) is 0 Å². The fraction of sp³-hybridized carbons (Fsp3) is 0.222. The summed E-state index contributed by atoms with van der Waals surface area (Å²) >= 11 is 0. The predicted octanol–water partition coefficient (Wildman–Crippen LogP) is 4.83. The Balaban J connectivity index is 0.000000374. The van der Waals surface area contributed by atoms with Gasteiger partial charge >= 0.3 is 0 Å². The molecule has 21 heavy (non-hydrogen) atoms. The fourth-order valence-corrected chi connectivity index (χ4v) is 2.49. The monoisotopic (exact) mass is 280 g/mol. The first-order valence-corrected chi connectivity index (χ1v) is 7.47. The van der Waals surface area contributed by atoms with Gasteiger partial charge in [-0.2, -0.15) is 5.10 Å². The van der Waals surface area contributed by atoms with Crippen molar-refractivity contribution >= 4 is 16.7 Å². The molecule has 0 atom stereocenters. The molecule has 0 amide bonds. The number of carbonyl (C=O) groups excluding carboxylic acids is 1. The quantitative estimate of drug-likeness (QED) is 0.501. The average Bonchev–Trinajstić information content (AvgIpc) is 3.01. The summed E-state index contributed by atoms with van der Waals surface area (Å²) in [5, 5.41) is 8.24.